The molecule has 4 nitrogen and oxygen atoms in total. The van der Waals surface area contributed by atoms with Gasteiger partial charge in [0.05, 0.1) is 24.8 Å². The topological polar surface area (TPSA) is 41.6 Å². The summed E-state index contributed by atoms with van der Waals surface area (Å²) in [7, 11) is 0. The molecule has 1 aliphatic rings. The number of amides is 1. The third kappa shape index (κ3) is 4.95. The molecule has 7 heteroatoms. The van der Waals surface area contributed by atoms with E-state index in [0.717, 1.165) is 34.0 Å². The molecular weight excluding hydrogens is 417 g/mol. The summed E-state index contributed by atoms with van der Waals surface area (Å²) in [5.41, 5.74) is 1.07. The third-order valence-corrected chi connectivity index (χ3v) is 5.86. The Morgan fingerprint density at radius 3 is 2.56 bits per heavy atom. The Balaban J connectivity index is 1.46. The van der Waals surface area contributed by atoms with Crippen molar-refractivity contribution in [2.45, 2.75) is 31.7 Å². The second kappa shape index (κ2) is 9.30. The number of morpholine rings is 1. The van der Waals surface area contributed by atoms with Gasteiger partial charge in [0.25, 0.3) is 0 Å². The Labute approximate surface area is 185 Å². The first kappa shape index (κ1) is 22.3. The van der Waals surface area contributed by atoms with Gasteiger partial charge in [-0.1, -0.05) is 54.6 Å². The van der Waals surface area contributed by atoms with E-state index in [9.17, 15) is 18.0 Å². The van der Waals surface area contributed by atoms with Gasteiger partial charge in [0.1, 0.15) is 6.04 Å². The molecule has 1 saturated heterocycles. The van der Waals surface area contributed by atoms with Crippen molar-refractivity contribution in [2.75, 3.05) is 19.8 Å². The Hall–Kier alpha value is -2.90. The molecule has 1 heterocycles. The van der Waals surface area contributed by atoms with Crippen molar-refractivity contribution in [2.24, 2.45) is 0 Å². The summed E-state index contributed by atoms with van der Waals surface area (Å²) in [6.45, 7) is 3.57. The highest BCUT2D eigenvalue weighted by Gasteiger charge is 2.32. The van der Waals surface area contributed by atoms with E-state index in [0.29, 0.717) is 19.7 Å². The van der Waals surface area contributed by atoms with E-state index in [-0.39, 0.29) is 18.6 Å². The van der Waals surface area contributed by atoms with Crippen LogP contribution in [-0.2, 0) is 22.3 Å². The first-order valence-electron chi connectivity index (χ1n) is 10.6. The van der Waals surface area contributed by atoms with Crippen LogP contribution in [0.25, 0.3) is 10.8 Å². The maximum absolute atomic E-state index is 13.1. The van der Waals surface area contributed by atoms with Gasteiger partial charge in [0.15, 0.2) is 0 Å². The number of nitrogens with one attached hydrogen (secondary N) is 1. The molecule has 2 atom stereocenters. The van der Waals surface area contributed by atoms with Crippen LogP contribution in [-0.4, -0.2) is 36.6 Å². The summed E-state index contributed by atoms with van der Waals surface area (Å²) in [5.74, 6) is -0.156. The monoisotopic (exact) mass is 442 g/mol. The molecule has 0 saturated carbocycles. The fourth-order valence-electron chi connectivity index (χ4n) is 4.12. The average Bonchev–Trinajstić information content (AvgIpc) is 2.78. The second-order valence-electron chi connectivity index (χ2n) is 8.05. The molecule has 32 heavy (non-hydrogen) atoms. The number of ether oxygens (including phenoxy) is 1. The lowest BCUT2D eigenvalue weighted by molar-refractivity contribution is -0.137. The Kier molecular flexibility index (Phi) is 6.48. The molecular formula is C25H25F3N2O2. The zero-order valence-electron chi connectivity index (χ0n) is 17.7. The number of nitrogens with zero attached hydrogens (tertiary/aromatic N) is 1. The van der Waals surface area contributed by atoms with Gasteiger partial charge in [-0.05, 0) is 41.0 Å². The smallest absolute Gasteiger partial charge is 0.378 e. The minimum absolute atomic E-state index is 0.156. The number of alkyl halides is 3. The predicted octanol–water partition coefficient (Wildman–Crippen LogP) is 4.94. The second-order valence-corrected chi connectivity index (χ2v) is 8.05. The minimum Gasteiger partial charge on any atom is -0.378 e. The summed E-state index contributed by atoms with van der Waals surface area (Å²) < 4.78 is 44.0. The maximum Gasteiger partial charge on any atom is 0.416 e. The van der Waals surface area contributed by atoms with Crippen molar-refractivity contribution >= 4 is 16.7 Å². The maximum atomic E-state index is 13.1. The number of hydrogen-bond acceptors (Lipinski definition) is 3. The van der Waals surface area contributed by atoms with E-state index in [2.05, 4.69) is 5.32 Å². The lowest BCUT2D eigenvalue weighted by Crippen LogP contribution is -2.53. The Morgan fingerprint density at radius 1 is 1.09 bits per heavy atom. The van der Waals surface area contributed by atoms with E-state index in [4.69, 9.17) is 4.74 Å². The molecule has 0 aliphatic carbocycles. The molecule has 0 aromatic heterocycles. The van der Waals surface area contributed by atoms with Crippen LogP contribution >= 0.6 is 0 Å². The van der Waals surface area contributed by atoms with E-state index >= 15 is 0 Å². The molecule has 3 aromatic carbocycles. The molecule has 4 rings (SSSR count). The zero-order valence-corrected chi connectivity index (χ0v) is 17.7. The predicted molar refractivity (Wildman–Crippen MR) is 117 cm³/mol. The van der Waals surface area contributed by atoms with Crippen molar-refractivity contribution < 1.29 is 22.7 Å². The van der Waals surface area contributed by atoms with Gasteiger partial charge in [0, 0.05) is 13.1 Å². The number of halogens is 3. The largest absolute Gasteiger partial charge is 0.416 e. The van der Waals surface area contributed by atoms with E-state index < -0.39 is 17.8 Å². The number of benzene rings is 3. The van der Waals surface area contributed by atoms with Gasteiger partial charge < -0.3 is 10.1 Å². The molecule has 0 bridgehead atoms. The fourth-order valence-corrected chi connectivity index (χ4v) is 4.12. The van der Waals surface area contributed by atoms with Crippen LogP contribution in [0.5, 0.6) is 0 Å². The molecule has 168 valence electrons. The van der Waals surface area contributed by atoms with Crippen LogP contribution in [0.15, 0.2) is 66.7 Å². The number of fused-ring (bicyclic) bond motifs is 1. The zero-order chi connectivity index (χ0) is 22.7. The first-order chi connectivity index (χ1) is 15.3. The van der Waals surface area contributed by atoms with Crippen molar-refractivity contribution in [1.82, 2.24) is 10.2 Å². The van der Waals surface area contributed by atoms with Crippen LogP contribution in [0.3, 0.4) is 0 Å². The van der Waals surface area contributed by atoms with Crippen molar-refractivity contribution in [1.29, 1.82) is 0 Å². The minimum atomic E-state index is -4.36. The van der Waals surface area contributed by atoms with Crippen LogP contribution in [0.2, 0.25) is 0 Å². The van der Waals surface area contributed by atoms with Crippen LogP contribution < -0.4 is 5.32 Å². The molecule has 1 amide bonds. The van der Waals surface area contributed by atoms with Gasteiger partial charge in [-0.15, -0.1) is 0 Å². The highest BCUT2D eigenvalue weighted by atomic mass is 19.4. The normalized spacial score (nSPS) is 18.4. The average molecular weight is 442 g/mol. The summed E-state index contributed by atoms with van der Waals surface area (Å²) in [4.78, 5) is 15.1. The van der Waals surface area contributed by atoms with Crippen molar-refractivity contribution in [3.63, 3.8) is 0 Å². The van der Waals surface area contributed by atoms with E-state index in [1.807, 2.05) is 54.3 Å². The number of rotatable bonds is 5. The van der Waals surface area contributed by atoms with Gasteiger partial charge in [-0.25, -0.2) is 0 Å². The Morgan fingerprint density at radius 2 is 1.81 bits per heavy atom. The van der Waals surface area contributed by atoms with Crippen LogP contribution in [0.4, 0.5) is 13.2 Å². The lowest BCUT2D eigenvalue weighted by atomic mass is 9.99. The van der Waals surface area contributed by atoms with Crippen LogP contribution in [0, 0.1) is 0 Å². The summed E-state index contributed by atoms with van der Waals surface area (Å²) in [6.07, 6.45) is -4.36. The number of carbonyl (C=O) groups is 1. The first-order valence-corrected chi connectivity index (χ1v) is 10.6. The molecule has 1 fully saturated rings. The quantitative estimate of drug-likeness (QED) is 0.609. The lowest BCUT2D eigenvalue weighted by Gasteiger charge is -2.35. The molecule has 1 N–H and O–H groups in total. The standard InChI is InChI=1S/C25H25F3N2O2/c1-17(21-8-4-6-19-5-2-3-7-22(19)21)29-24(31)23-16-32-14-13-30(23)15-18-9-11-20(12-10-18)25(26,27)28/h2-12,17,23H,13-16H2,1H3,(H,29,31). The highest BCUT2D eigenvalue weighted by Crippen LogP contribution is 2.29. The molecule has 1 aliphatic heterocycles. The molecule has 0 radical (unpaired) electrons. The summed E-state index contributed by atoms with van der Waals surface area (Å²) >= 11 is 0. The van der Waals surface area contributed by atoms with Gasteiger partial charge in [-0.2, -0.15) is 13.2 Å². The van der Waals surface area contributed by atoms with Crippen molar-refractivity contribution in [3.8, 4) is 0 Å². The SMILES string of the molecule is CC(NC(=O)C1COCCN1Cc1ccc(C(F)(F)F)cc1)c1cccc2ccccc12. The van der Waals surface area contributed by atoms with Gasteiger partial charge in [0.2, 0.25) is 5.91 Å². The Bertz CT molecular complexity index is 1080. The van der Waals surface area contributed by atoms with Gasteiger partial charge >= 0.3 is 6.18 Å². The molecule has 2 unspecified atom stereocenters. The number of hydrogen-bond donors (Lipinski definition) is 1. The number of carbonyl (C=O) groups excluding carboxylic acids is 1. The summed E-state index contributed by atoms with van der Waals surface area (Å²) in [5, 5.41) is 5.29. The van der Waals surface area contributed by atoms with E-state index in [1.165, 1.54) is 12.1 Å². The van der Waals surface area contributed by atoms with Crippen molar-refractivity contribution in [3.05, 3.63) is 83.4 Å². The molecule has 0 spiro atoms. The fraction of sp³-hybridized carbons (Fsp3) is 0.320. The van der Waals surface area contributed by atoms with E-state index in [1.54, 1.807) is 0 Å². The summed E-state index contributed by atoms with van der Waals surface area (Å²) in [6, 6.07) is 18.4. The highest BCUT2D eigenvalue weighted by molar-refractivity contribution is 5.87. The third-order valence-electron chi connectivity index (χ3n) is 5.86. The van der Waals surface area contributed by atoms with Gasteiger partial charge in [-0.3, -0.25) is 9.69 Å². The molecule has 3 aromatic rings. The van der Waals surface area contributed by atoms with Crippen LogP contribution in [0.1, 0.15) is 29.7 Å².